The molecule has 3 heterocycles. The number of amides is 1. The van der Waals surface area contributed by atoms with E-state index in [1.165, 1.54) is 6.42 Å². The van der Waals surface area contributed by atoms with Crippen LogP contribution in [0.5, 0.6) is 0 Å². The van der Waals surface area contributed by atoms with Gasteiger partial charge in [-0.2, -0.15) is 0 Å². The van der Waals surface area contributed by atoms with Gasteiger partial charge < -0.3 is 10.2 Å². The molecule has 0 bridgehead atoms. The number of likely N-dealkylation sites (tertiary alicyclic amines) is 2. The zero-order chi connectivity index (χ0) is 17.6. The van der Waals surface area contributed by atoms with Crippen molar-refractivity contribution in [1.29, 1.82) is 0 Å². The number of carbonyl (C=O) groups is 1. The molecule has 5 heteroatoms. The first kappa shape index (κ1) is 18.3. The van der Waals surface area contributed by atoms with Crippen LogP contribution < -0.4 is 5.32 Å². The largest absolute Gasteiger partial charge is 0.339 e. The van der Waals surface area contributed by atoms with Crippen molar-refractivity contribution < 1.29 is 4.79 Å². The molecule has 0 saturated carbocycles. The fraction of sp³-hybridized carbons (Fsp3) is 0.700. The summed E-state index contributed by atoms with van der Waals surface area (Å²) in [5, 5.41) is 3.59. The molecule has 0 aromatic carbocycles. The lowest BCUT2D eigenvalue weighted by molar-refractivity contribution is -0.136. The summed E-state index contributed by atoms with van der Waals surface area (Å²) in [4.78, 5) is 21.7. The molecule has 5 nitrogen and oxygen atoms in total. The highest BCUT2D eigenvalue weighted by Gasteiger charge is 2.29. The Morgan fingerprint density at radius 1 is 1.24 bits per heavy atom. The molecule has 1 amide bonds. The van der Waals surface area contributed by atoms with Gasteiger partial charge in [-0.05, 0) is 58.1 Å². The van der Waals surface area contributed by atoms with Gasteiger partial charge in [-0.25, -0.2) is 0 Å². The average molecular weight is 345 g/mol. The molecule has 2 atom stereocenters. The van der Waals surface area contributed by atoms with Gasteiger partial charge in [-0.15, -0.1) is 0 Å². The maximum absolute atomic E-state index is 12.7. The predicted octanol–water partition coefficient (Wildman–Crippen LogP) is 2.43. The van der Waals surface area contributed by atoms with Gasteiger partial charge in [-0.1, -0.05) is 6.07 Å². The number of carbonyl (C=O) groups excluding carboxylic acids is 1. The summed E-state index contributed by atoms with van der Waals surface area (Å²) in [5.74, 6) is 0.281. The first-order valence-electron chi connectivity index (χ1n) is 9.82. The van der Waals surface area contributed by atoms with Crippen molar-refractivity contribution in [3.8, 4) is 0 Å². The van der Waals surface area contributed by atoms with Crippen molar-refractivity contribution in [1.82, 2.24) is 20.1 Å². The van der Waals surface area contributed by atoms with Crippen molar-refractivity contribution in [3.63, 3.8) is 0 Å². The van der Waals surface area contributed by atoms with Gasteiger partial charge >= 0.3 is 0 Å². The highest BCUT2D eigenvalue weighted by atomic mass is 16.2. The quantitative estimate of drug-likeness (QED) is 0.891. The van der Waals surface area contributed by atoms with Crippen LogP contribution in [0.1, 0.15) is 51.6 Å². The van der Waals surface area contributed by atoms with Gasteiger partial charge in [0.25, 0.3) is 0 Å². The van der Waals surface area contributed by atoms with Crippen molar-refractivity contribution in [2.24, 2.45) is 0 Å². The molecule has 1 N–H and O–H groups in total. The molecule has 2 aliphatic rings. The third-order valence-electron chi connectivity index (χ3n) is 5.64. The van der Waals surface area contributed by atoms with E-state index in [1.807, 2.05) is 25.3 Å². The number of aromatic nitrogens is 1. The van der Waals surface area contributed by atoms with Crippen molar-refractivity contribution in [2.75, 3.05) is 19.6 Å². The number of hydrogen-bond donors (Lipinski definition) is 1. The monoisotopic (exact) mass is 344 g/mol. The van der Waals surface area contributed by atoms with Crippen molar-refractivity contribution in [3.05, 3.63) is 30.1 Å². The molecule has 2 saturated heterocycles. The molecule has 2 aliphatic heterocycles. The molecular weight excluding hydrogens is 312 g/mol. The topological polar surface area (TPSA) is 48.5 Å². The van der Waals surface area contributed by atoms with E-state index in [0.29, 0.717) is 12.1 Å². The number of piperidine rings is 2. The summed E-state index contributed by atoms with van der Waals surface area (Å²) in [7, 11) is 0. The van der Waals surface area contributed by atoms with Crippen LogP contribution in [-0.2, 0) is 11.3 Å². The second-order valence-electron chi connectivity index (χ2n) is 7.64. The van der Waals surface area contributed by atoms with Crippen LogP contribution in [-0.4, -0.2) is 58.5 Å². The van der Waals surface area contributed by atoms with Gasteiger partial charge in [0.05, 0.1) is 11.7 Å². The maximum atomic E-state index is 12.7. The lowest BCUT2D eigenvalue weighted by Crippen LogP contribution is -2.54. The van der Waals surface area contributed by atoms with Gasteiger partial charge in [0, 0.05) is 44.5 Å². The molecule has 25 heavy (non-hydrogen) atoms. The standard InChI is InChI=1S/C20H32N4O/c1-16-7-4-6-12-24(16)20(25)17(2)22-18-9-13-23(14-10-18)15-19-8-3-5-11-21-19/h3,5,8,11,16-18,22H,4,6-7,9-10,12-15H2,1-2H3/t16-,17+/m0/s1. The summed E-state index contributed by atoms with van der Waals surface area (Å²) < 4.78 is 0. The Labute approximate surface area is 151 Å². The highest BCUT2D eigenvalue weighted by molar-refractivity contribution is 5.81. The number of nitrogens with one attached hydrogen (secondary N) is 1. The second-order valence-corrected chi connectivity index (χ2v) is 7.64. The maximum Gasteiger partial charge on any atom is 0.239 e. The van der Waals surface area contributed by atoms with Gasteiger partial charge in [-0.3, -0.25) is 14.7 Å². The Balaban J connectivity index is 1.43. The lowest BCUT2D eigenvalue weighted by atomic mass is 10.0. The minimum absolute atomic E-state index is 0.0760. The smallest absolute Gasteiger partial charge is 0.239 e. The van der Waals surface area contributed by atoms with E-state index in [9.17, 15) is 4.79 Å². The Morgan fingerprint density at radius 3 is 2.72 bits per heavy atom. The second kappa shape index (κ2) is 8.77. The van der Waals surface area contributed by atoms with Crippen LogP contribution >= 0.6 is 0 Å². The van der Waals surface area contributed by atoms with Crippen molar-refractivity contribution >= 4 is 5.91 Å². The van der Waals surface area contributed by atoms with Crippen molar-refractivity contribution in [2.45, 2.75) is 70.6 Å². The molecule has 1 aromatic heterocycles. The van der Waals surface area contributed by atoms with E-state index >= 15 is 0 Å². The predicted molar refractivity (Wildman–Crippen MR) is 100 cm³/mol. The Bertz CT molecular complexity index is 542. The summed E-state index contributed by atoms with van der Waals surface area (Å²) in [6.45, 7) is 8.19. The number of pyridine rings is 1. The minimum Gasteiger partial charge on any atom is -0.339 e. The first-order chi connectivity index (χ1) is 12.1. The van der Waals surface area contributed by atoms with Gasteiger partial charge in [0.15, 0.2) is 0 Å². The fourth-order valence-electron chi connectivity index (χ4n) is 4.08. The van der Waals surface area contributed by atoms with E-state index < -0.39 is 0 Å². The zero-order valence-electron chi connectivity index (χ0n) is 15.7. The third kappa shape index (κ3) is 5.02. The highest BCUT2D eigenvalue weighted by Crippen LogP contribution is 2.18. The van der Waals surface area contributed by atoms with Crippen LogP contribution in [0.25, 0.3) is 0 Å². The summed E-state index contributed by atoms with van der Waals surface area (Å²) >= 11 is 0. The minimum atomic E-state index is -0.0760. The normalized spacial score (nSPS) is 24.2. The van der Waals surface area contributed by atoms with Crippen LogP contribution in [0.3, 0.4) is 0 Å². The Morgan fingerprint density at radius 2 is 2.04 bits per heavy atom. The summed E-state index contributed by atoms with van der Waals surface area (Å²) in [6, 6.07) is 6.86. The average Bonchev–Trinajstić information content (AvgIpc) is 2.64. The summed E-state index contributed by atoms with van der Waals surface area (Å²) in [5.41, 5.74) is 1.14. The number of rotatable bonds is 5. The number of nitrogens with zero attached hydrogens (tertiary/aromatic N) is 3. The molecule has 0 unspecified atom stereocenters. The molecule has 138 valence electrons. The lowest BCUT2D eigenvalue weighted by Gasteiger charge is -2.37. The third-order valence-corrected chi connectivity index (χ3v) is 5.64. The Kier molecular flexibility index (Phi) is 6.43. The molecule has 0 spiro atoms. The molecular formula is C20H32N4O. The van der Waals surface area contributed by atoms with Crippen LogP contribution in [0.15, 0.2) is 24.4 Å². The van der Waals surface area contributed by atoms with Crippen LogP contribution in [0, 0.1) is 0 Å². The SMILES string of the molecule is C[C@@H](NC1CCN(Cc2ccccn2)CC1)C(=O)N1CCCC[C@@H]1C. The molecule has 3 rings (SSSR count). The zero-order valence-corrected chi connectivity index (χ0v) is 15.7. The van der Waals surface area contributed by atoms with Gasteiger partial charge in [0.1, 0.15) is 0 Å². The van der Waals surface area contributed by atoms with E-state index in [-0.39, 0.29) is 11.9 Å². The van der Waals surface area contributed by atoms with Crippen LogP contribution in [0.4, 0.5) is 0 Å². The first-order valence-corrected chi connectivity index (χ1v) is 9.82. The van der Waals surface area contributed by atoms with E-state index in [4.69, 9.17) is 0 Å². The Hall–Kier alpha value is -1.46. The van der Waals surface area contributed by atoms with E-state index in [1.54, 1.807) is 0 Å². The molecule has 0 aliphatic carbocycles. The fourth-order valence-corrected chi connectivity index (χ4v) is 4.08. The molecule has 2 fully saturated rings. The number of hydrogen-bond acceptors (Lipinski definition) is 4. The molecule has 0 radical (unpaired) electrons. The van der Waals surface area contributed by atoms with E-state index in [0.717, 1.165) is 57.6 Å². The molecule has 1 aromatic rings. The van der Waals surface area contributed by atoms with Crippen LogP contribution in [0.2, 0.25) is 0 Å². The summed E-state index contributed by atoms with van der Waals surface area (Å²) in [6.07, 6.45) is 7.60. The van der Waals surface area contributed by atoms with Gasteiger partial charge in [0.2, 0.25) is 5.91 Å². The van der Waals surface area contributed by atoms with E-state index in [2.05, 4.69) is 33.1 Å².